The van der Waals surface area contributed by atoms with Gasteiger partial charge in [-0.3, -0.25) is 9.59 Å². The molecule has 12 nitrogen and oxygen atoms in total. The fourth-order valence-corrected chi connectivity index (χ4v) is 3.91. The van der Waals surface area contributed by atoms with E-state index in [0.717, 1.165) is 9.36 Å². The van der Waals surface area contributed by atoms with E-state index in [9.17, 15) is 23.6 Å². The van der Waals surface area contributed by atoms with Crippen LogP contribution in [0.25, 0.3) is 5.82 Å². The maximum Gasteiger partial charge on any atom is 0.298 e. The molecule has 2 N–H and O–H groups in total. The summed E-state index contributed by atoms with van der Waals surface area (Å²) in [4.78, 5) is 30.7. The fraction of sp³-hybridized carbons (Fsp3) is 0.250. The van der Waals surface area contributed by atoms with Crippen molar-refractivity contribution in [1.82, 2.24) is 40.3 Å². The van der Waals surface area contributed by atoms with E-state index >= 15 is 0 Å². The second-order valence-electron chi connectivity index (χ2n) is 8.65. The molecule has 0 aliphatic rings. The molecule has 0 aliphatic carbocycles. The van der Waals surface area contributed by atoms with Crippen LogP contribution in [0.1, 0.15) is 63.8 Å². The van der Waals surface area contributed by atoms with E-state index < -0.39 is 24.1 Å². The molecular weight excluding hydrogens is 534 g/mol. The van der Waals surface area contributed by atoms with Crippen molar-refractivity contribution < 1.29 is 18.4 Å². The van der Waals surface area contributed by atoms with Crippen LogP contribution in [0.15, 0.2) is 36.5 Å². The number of halogens is 3. The zero-order chi connectivity index (χ0) is 28.3. The Morgan fingerprint density at radius 3 is 2.64 bits per heavy atom. The highest BCUT2D eigenvalue weighted by atomic mass is 35.5. The van der Waals surface area contributed by atoms with Crippen LogP contribution in [0, 0.1) is 18.3 Å². The van der Waals surface area contributed by atoms with Gasteiger partial charge in [-0.1, -0.05) is 11.6 Å². The number of nitriles is 1. The van der Waals surface area contributed by atoms with E-state index in [0.29, 0.717) is 5.56 Å². The van der Waals surface area contributed by atoms with Crippen LogP contribution in [-0.4, -0.2) is 52.8 Å². The number of aryl methyl sites for hydroxylation is 1. The number of aromatic nitrogens is 7. The zero-order valence-corrected chi connectivity index (χ0v) is 21.6. The first-order chi connectivity index (χ1) is 18.6. The van der Waals surface area contributed by atoms with Gasteiger partial charge in [-0.25, -0.2) is 23.1 Å². The normalized spacial score (nSPS) is 11.1. The summed E-state index contributed by atoms with van der Waals surface area (Å²) >= 11 is 6.31. The number of rotatable bonds is 8. The molecule has 0 radical (unpaired) electrons. The summed E-state index contributed by atoms with van der Waals surface area (Å²) < 4.78 is 28.6. The predicted molar refractivity (Wildman–Crippen MR) is 135 cm³/mol. The number of nitrogens with zero attached hydrogens (tertiary/aromatic N) is 8. The number of pyridine rings is 1. The molecule has 39 heavy (non-hydrogen) atoms. The van der Waals surface area contributed by atoms with E-state index in [1.165, 1.54) is 24.4 Å². The lowest BCUT2D eigenvalue weighted by atomic mass is 10.0. The van der Waals surface area contributed by atoms with Gasteiger partial charge in [0, 0.05) is 12.2 Å². The van der Waals surface area contributed by atoms with Crippen molar-refractivity contribution in [2.24, 2.45) is 0 Å². The van der Waals surface area contributed by atoms with Gasteiger partial charge in [0.25, 0.3) is 18.2 Å². The van der Waals surface area contributed by atoms with Gasteiger partial charge < -0.3 is 10.6 Å². The van der Waals surface area contributed by atoms with E-state index in [2.05, 4.69) is 36.2 Å². The number of anilines is 1. The molecule has 0 atom stereocenters. The standard InChI is InChI=1S/C24H21ClF2N10O2/c1-12(2)30-23(38)16-8-14(10-28)7-13(3)19(16)31-24(39)18-9-15(11-36-22(20(26)27)32-34-35-36)33-37(18)21-17(25)5-4-6-29-21/h4-9,12,20H,11H2,1-3H3,(H,30,38)(H,31,39). The maximum atomic E-state index is 13.6. The molecule has 0 bridgehead atoms. The van der Waals surface area contributed by atoms with Crippen LogP contribution in [0.4, 0.5) is 14.5 Å². The Kier molecular flexibility index (Phi) is 7.91. The third-order valence-corrected chi connectivity index (χ3v) is 5.66. The highest BCUT2D eigenvalue weighted by Crippen LogP contribution is 2.26. The quantitative estimate of drug-likeness (QED) is 0.335. The molecule has 0 aliphatic heterocycles. The SMILES string of the molecule is Cc1cc(C#N)cc(C(=O)NC(C)C)c1NC(=O)c1cc(Cn2nnnc2C(F)F)nn1-c1ncccc1Cl. The predicted octanol–water partition coefficient (Wildman–Crippen LogP) is 3.46. The molecule has 4 rings (SSSR count). The number of alkyl halides is 2. The summed E-state index contributed by atoms with van der Waals surface area (Å²) in [5, 5.41) is 29.6. The molecule has 2 amide bonds. The number of carbonyl (C=O) groups excluding carboxylic acids is 2. The van der Waals surface area contributed by atoms with Gasteiger partial charge in [0.2, 0.25) is 5.82 Å². The Morgan fingerprint density at radius 2 is 1.97 bits per heavy atom. The summed E-state index contributed by atoms with van der Waals surface area (Å²) in [6, 6.07) is 9.19. The second-order valence-corrected chi connectivity index (χ2v) is 9.05. The lowest BCUT2D eigenvalue weighted by Crippen LogP contribution is -2.31. The largest absolute Gasteiger partial charge is 0.350 e. The Morgan fingerprint density at radius 1 is 1.21 bits per heavy atom. The monoisotopic (exact) mass is 554 g/mol. The number of benzene rings is 1. The summed E-state index contributed by atoms with van der Waals surface area (Å²) in [5.41, 5.74) is 1.07. The van der Waals surface area contributed by atoms with Crippen molar-refractivity contribution in [2.45, 2.75) is 39.8 Å². The van der Waals surface area contributed by atoms with Crippen LogP contribution in [0.5, 0.6) is 0 Å². The van der Waals surface area contributed by atoms with Gasteiger partial charge in [-0.05, 0) is 67.1 Å². The Labute approximate surface area is 225 Å². The van der Waals surface area contributed by atoms with Gasteiger partial charge in [-0.15, -0.1) is 5.10 Å². The van der Waals surface area contributed by atoms with Crippen molar-refractivity contribution in [2.75, 3.05) is 5.32 Å². The molecular formula is C24H21ClF2N10O2. The number of hydrogen-bond donors (Lipinski definition) is 2. The average molecular weight is 555 g/mol. The molecule has 200 valence electrons. The first-order valence-corrected chi connectivity index (χ1v) is 11.9. The number of hydrogen-bond acceptors (Lipinski definition) is 8. The minimum Gasteiger partial charge on any atom is -0.350 e. The van der Waals surface area contributed by atoms with Gasteiger partial charge in [0.1, 0.15) is 5.69 Å². The van der Waals surface area contributed by atoms with Crippen LogP contribution in [0.2, 0.25) is 5.02 Å². The van der Waals surface area contributed by atoms with E-state index in [1.807, 2.05) is 6.07 Å². The van der Waals surface area contributed by atoms with Crippen molar-refractivity contribution in [3.05, 3.63) is 75.5 Å². The van der Waals surface area contributed by atoms with Crippen LogP contribution in [-0.2, 0) is 6.54 Å². The molecule has 0 spiro atoms. The molecule has 3 aromatic heterocycles. The van der Waals surface area contributed by atoms with Crippen molar-refractivity contribution in [3.8, 4) is 11.9 Å². The van der Waals surface area contributed by atoms with E-state index in [-0.39, 0.29) is 51.6 Å². The first kappa shape index (κ1) is 27.3. The topological polar surface area (TPSA) is 156 Å². The fourth-order valence-electron chi connectivity index (χ4n) is 3.71. The van der Waals surface area contributed by atoms with Gasteiger partial charge in [0.05, 0.1) is 40.1 Å². The van der Waals surface area contributed by atoms with Crippen molar-refractivity contribution in [1.29, 1.82) is 5.26 Å². The first-order valence-electron chi connectivity index (χ1n) is 11.5. The van der Waals surface area contributed by atoms with Crippen LogP contribution < -0.4 is 10.6 Å². The summed E-state index contributed by atoms with van der Waals surface area (Å²) in [6.07, 6.45) is -1.48. The lowest BCUT2D eigenvalue weighted by molar-refractivity contribution is 0.0944. The molecule has 3 heterocycles. The molecule has 1 aromatic carbocycles. The summed E-state index contributed by atoms with van der Waals surface area (Å²) in [5.74, 6) is -1.75. The molecule has 4 aromatic rings. The number of nitrogens with one attached hydrogen (secondary N) is 2. The van der Waals surface area contributed by atoms with Gasteiger partial charge in [-0.2, -0.15) is 10.4 Å². The molecule has 0 saturated carbocycles. The third kappa shape index (κ3) is 5.88. The number of tetrazole rings is 1. The second kappa shape index (κ2) is 11.3. The average Bonchev–Trinajstić information content (AvgIpc) is 3.52. The number of carbonyl (C=O) groups is 2. The van der Waals surface area contributed by atoms with Crippen molar-refractivity contribution >= 4 is 29.1 Å². The Balaban J connectivity index is 1.78. The zero-order valence-electron chi connectivity index (χ0n) is 20.9. The molecule has 15 heteroatoms. The minimum absolute atomic E-state index is 0.0590. The molecule has 0 unspecified atom stereocenters. The highest BCUT2D eigenvalue weighted by Gasteiger charge is 2.25. The minimum atomic E-state index is -2.93. The Bertz CT molecular complexity index is 1590. The van der Waals surface area contributed by atoms with Crippen LogP contribution >= 0.6 is 11.6 Å². The van der Waals surface area contributed by atoms with Crippen LogP contribution in [0.3, 0.4) is 0 Å². The third-order valence-electron chi connectivity index (χ3n) is 5.37. The van der Waals surface area contributed by atoms with Gasteiger partial charge >= 0.3 is 0 Å². The highest BCUT2D eigenvalue weighted by molar-refractivity contribution is 6.32. The Hall–Kier alpha value is -4.77. The van der Waals surface area contributed by atoms with E-state index in [4.69, 9.17) is 11.6 Å². The van der Waals surface area contributed by atoms with Crippen molar-refractivity contribution in [3.63, 3.8) is 0 Å². The summed E-state index contributed by atoms with van der Waals surface area (Å²) in [6.45, 7) is 4.92. The maximum absolute atomic E-state index is 13.6. The molecule has 0 fully saturated rings. The lowest BCUT2D eigenvalue weighted by Gasteiger charge is -2.16. The smallest absolute Gasteiger partial charge is 0.298 e. The number of amides is 2. The molecule has 0 saturated heterocycles. The summed E-state index contributed by atoms with van der Waals surface area (Å²) in [7, 11) is 0. The van der Waals surface area contributed by atoms with Gasteiger partial charge in [0.15, 0.2) is 5.82 Å². The van der Waals surface area contributed by atoms with E-state index in [1.54, 1.807) is 32.9 Å².